The first-order valence-electron chi connectivity index (χ1n) is 8.72. The molecule has 6 nitrogen and oxygen atoms in total. The Morgan fingerprint density at radius 3 is 2.61 bits per heavy atom. The molecule has 3 heterocycles. The second kappa shape index (κ2) is 7.19. The highest BCUT2D eigenvalue weighted by Gasteiger charge is 2.34. The van der Waals surface area contributed by atoms with Crippen molar-refractivity contribution in [2.24, 2.45) is 5.92 Å². The van der Waals surface area contributed by atoms with Crippen LogP contribution in [0.25, 0.3) is 11.3 Å². The van der Waals surface area contributed by atoms with Crippen LogP contribution in [0.15, 0.2) is 42.7 Å². The zero-order valence-electron chi connectivity index (χ0n) is 14.7. The highest BCUT2D eigenvalue weighted by molar-refractivity contribution is 5.96. The quantitative estimate of drug-likeness (QED) is 0.754. The zero-order valence-corrected chi connectivity index (χ0v) is 14.7. The Bertz CT molecular complexity index is 1050. The van der Waals surface area contributed by atoms with Gasteiger partial charge in [-0.2, -0.15) is 10.4 Å². The van der Waals surface area contributed by atoms with Crippen LogP contribution in [0, 0.1) is 28.9 Å². The van der Waals surface area contributed by atoms with Crippen LogP contribution in [0.2, 0.25) is 0 Å². The van der Waals surface area contributed by atoms with Crippen LogP contribution in [0.1, 0.15) is 17.5 Å². The molecule has 1 aliphatic heterocycles. The van der Waals surface area contributed by atoms with Gasteiger partial charge in [-0.1, -0.05) is 0 Å². The number of nitriles is 1. The van der Waals surface area contributed by atoms with Gasteiger partial charge in [-0.05, 0) is 42.7 Å². The molecule has 0 radical (unpaired) electrons. The number of carbonyl (C=O) groups is 1. The topological polar surface area (TPSA) is 85.7 Å². The minimum absolute atomic E-state index is 0.141. The SMILES string of the molecule is N#Cc1c(F)cc(CC2CCN(c3cc(-c4ccncc4)[nH]n3)C2=O)cc1F. The van der Waals surface area contributed by atoms with E-state index in [-0.39, 0.29) is 12.3 Å². The molecule has 0 aliphatic carbocycles. The summed E-state index contributed by atoms with van der Waals surface area (Å²) in [5.74, 6) is -1.84. The monoisotopic (exact) mass is 379 g/mol. The van der Waals surface area contributed by atoms with Gasteiger partial charge in [-0.3, -0.25) is 19.8 Å². The summed E-state index contributed by atoms with van der Waals surface area (Å²) in [5, 5.41) is 15.9. The van der Waals surface area contributed by atoms with Gasteiger partial charge in [0.15, 0.2) is 5.82 Å². The van der Waals surface area contributed by atoms with Gasteiger partial charge in [-0.15, -0.1) is 0 Å². The number of H-pyrrole nitrogens is 1. The van der Waals surface area contributed by atoms with E-state index in [0.29, 0.717) is 24.3 Å². The van der Waals surface area contributed by atoms with Crippen molar-refractivity contribution in [3.05, 3.63) is 65.5 Å². The van der Waals surface area contributed by atoms with Gasteiger partial charge in [0.1, 0.15) is 23.3 Å². The summed E-state index contributed by atoms with van der Waals surface area (Å²) >= 11 is 0. The van der Waals surface area contributed by atoms with Crippen LogP contribution >= 0.6 is 0 Å². The fourth-order valence-corrected chi connectivity index (χ4v) is 3.42. The number of aromatic amines is 1. The highest BCUT2D eigenvalue weighted by Crippen LogP contribution is 2.29. The predicted molar refractivity (Wildman–Crippen MR) is 97.1 cm³/mol. The second-order valence-corrected chi connectivity index (χ2v) is 6.60. The summed E-state index contributed by atoms with van der Waals surface area (Å²) < 4.78 is 27.6. The van der Waals surface area contributed by atoms with Gasteiger partial charge in [0.2, 0.25) is 5.91 Å². The molecule has 0 saturated carbocycles. The number of benzene rings is 1. The Kier molecular flexibility index (Phi) is 4.57. The highest BCUT2D eigenvalue weighted by atomic mass is 19.1. The van der Waals surface area contributed by atoms with Gasteiger partial charge in [0.05, 0.1) is 5.69 Å². The van der Waals surface area contributed by atoms with Gasteiger partial charge >= 0.3 is 0 Å². The lowest BCUT2D eigenvalue weighted by Gasteiger charge is -2.13. The maximum Gasteiger partial charge on any atom is 0.231 e. The van der Waals surface area contributed by atoms with Gasteiger partial charge in [0.25, 0.3) is 0 Å². The molecule has 1 aliphatic rings. The maximum absolute atomic E-state index is 13.8. The summed E-state index contributed by atoms with van der Waals surface area (Å²) in [4.78, 5) is 18.3. The fraction of sp³-hybridized carbons (Fsp3) is 0.200. The molecule has 3 aromatic rings. The van der Waals surface area contributed by atoms with Crippen molar-refractivity contribution in [2.45, 2.75) is 12.8 Å². The number of hydrogen-bond donors (Lipinski definition) is 1. The van der Waals surface area contributed by atoms with Crippen LogP contribution < -0.4 is 4.90 Å². The van der Waals surface area contributed by atoms with E-state index in [1.165, 1.54) is 6.07 Å². The molecule has 0 bridgehead atoms. The number of amides is 1. The predicted octanol–water partition coefficient (Wildman–Crippen LogP) is 3.22. The molecule has 1 amide bonds. The van der Waals surface area contributed by atoms with Crippen molar-refractivity contribution in [1.29, 1.82) is 5.26 Å². The smallest absolute Gasteiger partial charge is 0.231 e. The third kappa shape index (κ3) is 3.22. The molecule has 1 unspecified atom stereocenters. The Morgan fingerprint density at radius 2 is 1.93 bits per heavy atom. The molecular formula is C20H15F2N5O. The number of carbonyl (C=O) groups excluding carboxylic acids is 1. The lowest BCUT2D eigenvalue weighted by atomic mass is 9.97. The summed E-state index contributed by atoms with van der Waals surface area (Å²) in [7, 11) is 0. The van der Waals surface area contributed by atoms with E-state index in [0.717, 1.165) is 23.4 Å². The number of nitrogens with one attached hydrogen (secondary N) is 1. The molecule has 1 aromatic carbocycles. The Hall–Kier alpha value is -3.60. The third-order valence-corrected chi connectivity index (χ3v) is 4.84. The number of anilines is 1. The van der Waals surface area contributed by atoms with E-state index in [1.807, 2.05) is 12.1 Å². The summed E-state index contributed by atoms with van der Waals surface area (Å²) in [6, 6.07) is 9.19. The van der Waals surface area contributed by atoms with E-state index in [1.54, 1.807) is 23.4 Å². The molecule has 28 heavy (non-hydrogen) atoms. The van der Waals surface area contributed by atoms with E-state index in [4.69, 9.17) is 5.26 Å². The van der Waals surface area contributed by atoms with Gasteiger partial charge in [-0.25, -0.2) is 8.78 Å². The summed E-state index contributed by atoms with van der Waals surface area (Å²) in [5.41, 5.74) is 1.42. The van der Waals surface area contributed by atoms with Crippen LogP contribution in [-0.2, 0) is 11.2 Å². The van der Waals surface area contributed by atoms with Crippen molar-refractivity contribution in [3.8, 4) is 17.3 Å². The zero-order chi connectivity index (χ0) is 19.7. The molecule has 2 aromatic heterocycles. The average molecular weight is 379 g/mol. The first-order chi connectivity index (χ1) is 13.6. The first kappa shape index (κ1) is 17.8. The summed E-state index contributed by atoms with van der Waals surface area (Å²) in [6.45, 7) is 0.478. The molecule has 8 heteroatoms. The number of aromatic nitrogens is 3. The van der Waals surface area contributed by atoms with Crippen molar-refractivity contribution < 1.29 is 13.6 Å². The van der Waals surface area contributed by atoms with Crippen LogP contribution in [0.4, 0.5) is 14.6 Å². The van der Waals surface area contributed by atoms with E-state index < -0.39 is 23.1 Å². The minimum Gasteiger partial charge on any atom is -0.295 e. The second-order valence-electron chi connectivity index (χ2n) is 6.60. The van der Waals surface area contributed by atoms with Crippen molar-refractivity contribution in [2.75, 3.05) is 11.4 Å². The van der Waals surface area contributed by atoms with Crippen LogP contribution in [0.3, 0.4) is 0 Å². The average Bonchev–Trinajstić information content (AvgIpc) is 3.30. The standard InChI is InChI=1S/C20H15F2N5O/c21-16-8-12(9-17(22)15(16)11-23)7-14-3-6-27(20(14)28)19-10-18(25-26-19)13-1-4-24-5-2-13/h1-2,4-5,8-10,14H,3,6-7H2,(H,25,26). The number of nitrogens with zero attached hydrogens (tertiary/aromatic N) is 4. The Labute approximate surface area is 159 Å². The lowest BCUT2D eigenvalue weighted by Crippen LogP contribution is -2.28. The van der Waals surface area contributed by atoms with Crippen molar-refractivity contribution in [1.82, 2.24) is 15.2 Å². The first-order valence-corrected chi connectivity index (χ1v) is 8.72. The fourth-order valence-electron chi connectivity index (χ4n) is 3.42. The molecule has 4 rings (SSSR count). The minimum atomic E-state index is -0.908. The van der Waals surface area contributed by atoms with Gasteiger partial charge < -0.3 is 0 Å². The number of rotatable bonds is 4. The number of pyridine rings is 1. The molecule has 1 atom stereocenters. The molecule has 1 fully saturated rings. The molecule has 0 spiro atoms. The Morgan fingerprint density at radius 1 is 1.21 bits per heavy atom. The number of halogens is 2. The third-order valence-electron chi connectivity index (χ3n) is 4.84. The van der Waals surface area contributed by atoms with Crippen molar-refractivity contribution in [3.63, 3.8) is 0 Å². The molecular weight excluding hydrogens is 364 g/mol. The van der Waals surface area contributed by atoms with E-state index in [2.05, 4.69) is 15.2 Å². The normalized spacial score (nSPS) is 16.4. The maximum atomic E-state index is 13.8. The van der Waals surface area contributed by atoms with E-state index >= 15 is 0 Å². The van der Waals surface area contributed by atoms with Crippen LogP contribution in [-0.4, -0.2) is 27.6 Å². The molecule has 1 saturated heterocycles. The van der Waals surface area contributed by atoms with Gasteiger partial charge in [0, 0.05) is 36.5 Å². The van der Waals surface area contributed by atoms with Crippen molar-refractivity contribution >= 4 is 11.7 Å². The van der Waals surface area contributed by atoms with Crippen LogP contribution in [0.5, 0.6) is 0 Å². The molecule has 140 valence electrons. The summed E-state index contributed by atoms with van der Waals surface area (Å²) in [6.07, 6.45) is 4.10. The van der Waals surface area contributed by atoms with E-state index in [9.17, 15) is 13.6 Å². The lowest BCUT2D eigenvalue weighted by molar-refractivity contribution is -0.120. The Balaban J connectivity index is 1.50. The largest absolute Gasteiger partial charge is 0.295 e. The number of hydrogen-bond acceptors (Lipinski definition) is 4. The molecule has 1 N–H and O–H groups in total.